The first kappa shape index (κ1) is 12.8. The number of rotatable bonds is 4. The lowest BCUT2D eigenvalue weighted by Gasteiger charge is -2.07. The van der Waals surface area contributed by atoms with Gasteiger partial charge in [0.05, 0.1) is 6.54 Å². The Morgan fingerprint density at radius 3 is 2.58 bits per heavy atom. The molecule has 100 valence electrons. The molecule has 0 saturated carbocycles. The van der Waals surface area contributed by atoms with E-state index in [0.29, 0.717) is 0 Å². The number of halogens is 2. The summed E-state index contributed by atoms with van der Waals surface area (Å²) in [5.74, 6) is 2.58. The summed E-state index contributed by atoms with van der Waals surface area (Å²) in [5.41, 5.74) is 1.18. The Balaban J connectivity index is 2.11. The lowest BCUT2D eigenvalue weighted by molar-refractivity contribution is 0.0949. The van der Waals surface area contributed by atoms with Gasteiger partial charge < -0.3 is 10.7 Å². The van der Waals surface area contributed by atoms with E-state index in [0.717, 1.165) is 12.1 Å². The molecule has 0 saturated heterocycles. The quantitative estimate of drug-likeness (QED) is 0.446. The fourth-order valence-electron chi connectivity index (χ4n) is 1.36. The monoisotopic (exact) mass is 269 g/mol. The molecule has 1 aromatic carbocycles. The summed E-state index contributed by atoms with van der Waals surface area (Å²) in [6.07, 6.45) is 0. The van der Waals surface area contributed by atoms with E-state index in [1.54, 1.807) is 0 Å². The van der Waals surface area contributed by atoms with E-state index in [1.807, 2.05) is 5.43 Å². The molecule has 2 rings (SSSR count). The Labute approximate surface area is 105 Å². The lowest BCUT2D eigenvalue weighted by atomic mass is 10.1. The van der Waals surface area contributed by atoms with E-state index < -0.39 is 23.2 Å². The van der Waals surface area contributed by atoms with Crippen molar-refractivity contribution in [2.75, 3.05) is 5.43 Å². The Kier molecular flexibility index (Phi) is 3.61. The van der Waals surface area contributed by atoms with Crippen molar-refractivity contribution in [1.82, 2.24) is 25.9 Å². The molecule has 0 aliphatic carbocycles. The van der Waals surface area contributed by atoms with Gasteiger partial charge in [-0.25, -0.2) is 8.78 Å². The number of hydrazine groups is 1. The van der Waals surface area contributed by atoms with Crippen molar-refractivity contribution in [2.45, 2.75) is 6.54 Å². The molecule has 0 spiro atoms. The van der Waals surface area contributed by atoms with Crippen LogP contribution in [0.5, 0.6) is 0 Å². The van der Waals surface area contributed by atoms with Gasteiger partial charge in [0.15, 0.2) is 17.5 Å². The van der Waals surface area contributed by atoms with E-state index >= 15 is 0 Å². The maximum Gasteiger partial charge on any atom is 0.251 e. The second kappa shape index (κ2) is 5.35. The topological polar surface area (TPSA) is 122 Å². The van der Waals surface area contributed by atoms with Crippen molar-refractivity contribution in [3.63, 3.8) is 0 Å². The first-order valence-electron chi connectivity index (χ1n) is 5.08. The van der Waals surface area contributed by atoms with Crippen LogP contribution in [-0.2, 0) is 6.54 Å². The Bertz CT molecular complexity index is 563. The second-order valence-electron chi connectivity index (χ2n) is 3.47. The molecule has 0 aliphatic heterocycles. The standard InChI is InChI=1S/C9H9F2N7O/c10-5-1-4(2-6(11)8(5)14-12)9(19)13-3-7-15-17-18-16-7/h1-2,14H,3,12H2,(H,13,19)(H,15,16,17,18). The van der Waals surface area contributed by atoms with Crippen molar-refractivity contribution in [3.05, 3.63) is 35.2 Å². The smallest absolute Gasteiger partial charge is 0.251 e. The number of nitrogens with zero attached hydrogens (tertiary/aromatic N) is 3. The van der Waals surface area contributed by atoms with Crippen LogP contribution in [0.15, 0.2) is 12.1 Å². The zero-order valence-electron chi connectivity index (χ0n) is 9.44. The number of nitrogens with two attached hydrogens (primary N) is 1. The minimum Gasteiger partial charge on any atom is -0.345 e. The highest BCUT2D eigenvalue weighted by Crippen LogP contribution is 2.19. The molecule has 0 atom stereocenters. The van der Waals surface area contributed by atoms with Gasteiger partial charge in [-0.15, -0.1) is 10.2 Å². The molecule has 0 radical (unpaired) electrons. The normalized spacial score (nSPS) is 10.3. The van der Waals surface area contributed by atoms with Gasteiger partial charge in [0.2, 0.25) is 0 Å². The van der Waals surface area contributed by atoms with E-state index in [-0.39, 0.29) is 17.9 Å². The zero-order valence-corrected chi connectivity index (χ0v) is 9.44. The highest BCUT2D eigenvalue weighted by atomic mass is 19.1. The molecule has 1 amide bonds. The molecule has 0 unspecified atom stereocenters. The number of anilines is 1. The second-order valence-corrected chi connectivity index (χ2v) is 3.47. The predicted molar refractivity (Wildman–Crippen MR) is 59.5 cm³/mol. The van der Waals surface area contributed by atoms with Crippen LogP contribution in [0.25, 0.3) is 0 Å². The molecule has 2 aromatic rings. The summed E-state index contributed by atoms with van der Waals surface area (Å²) >= 11 is 0. The van der Waals surface area contributed by atoms with Gasteiger partial charge >= 0.3 is 0 Å². The fraction of sp³-hybridized carbons (Fsp3) is 0.111. The van der Waals surface area contributed by atoms with Gasteiger partial charge in [0.25, 0.3) is 5.91 Å². The van der Waals surface area contributed by atoms with Crippen LogP contribution in [0.3, 0.4) is 0 Å². The summed E-state index contributed by atoms with van der Waals surface area (Å²) in [4.78, 5) is 11.7. The van der Waals surface area contributed by atoms with Gasteiger partial charge in [-0.05, 0) is 12.1 Å². The Morgan fingerprint density at radius 2 is 2.05 bits per heavy atom. The van der Waals surface area contributed by atoms with Gasteiger partial charge in [0, 0.05) is 5.56 Å². The molecule has 0 fully saturated rings. The number of benzene rings is 1. The molecule has 5 N–H and O–H groups in total. The fourth-order valence-corrected chi connectivity index (χ4v) is 1.36. The number of tetrazole rings is 1. The molecule has 0 aliphatic rings. The Hall–Kier alpha value is -2.62. The van der Waals surface area contributed by atoms with Crippen molar-refractivity contribution >= 4 is 11.6 Å². The molecule has 0 bridgehead atoms. The lowest BCUT2D eigenvalue weighted by Crippen LogP contribution is -2.24. The Morgan fingerprint density at radius 1 is 1.37 bits per heavy atom. The summed E-state index contributed by atoms with van der Waals surface area (Å²) < 4.78 is 26.8. The van der Waals surface area contributed by atoms with Crippen LogP contribution in [-0.4, -0.2) is 26.5 Å². The maximum atomic E-state index is 13.4. The minimum atomic E-state index is -0.966. The molecule has 1 heterocycles. The van der Waals surface area contributed by atoms with Crippen LogP contribution in [0.1, 0.15) is 16.2 Å². The molecular formula is C9H9F2N7O. The van der Waals surface area contributed by atoms with Crippen LogP contribution in [0.2, 0.25) is 0 Å². The summed E-state index contributed by atoms with van der Waals surface area (Å²) in [7, 11) is 0. The zero-order chi connectivity index (χ0) is 13.8. The van der Waals surface area contributed by atoms with E-state index in [2.05, 4.69) is 25.9 Å². The maximum absolute atomic E-state index is 13.4. The number of H-pyrrole nitrogens is 1. The number of aromatic amines is 1. The van der Waals surface area contributed by atoms with Crippen molar-refractivity contribution in [3.8, 4) is 0 Å². The number of hydrogen-bond donors (Lipinski definition) is 4. The average Bonchev–Trinajstić information content (AvgIpc) is 2.88. The molecule has 1 aromatic heterocycles. The van der Waals surface area contributed by atoms with E-state index in [1.165, 1.54) is 0 Å². The van der Waals surface area contributed by atoms with Crippen LogP contribution in [0.4, 0.5) is 14.5 Å². The highest BCUT2D eigenvalue weighted by molar-refractivity contribution is 5.94. The first-order valence-corrected chi connectivity index (χ1v) is 5.08. The number of carbonyl (C=O) groups excluding carboxylic acids is 1. The van der Waals surface area contributed by atoms with Crippen molar-refractivity contribution in [2.24, 2.45) is 5.84 Å². The third-order valence-electron chi connectivity index (χ3n) is 2.24. The third kappa shape index (κ3) is 2.80. The SMILES string of the molecule is NNc1c(F)cc(C(=O)NCc2nn[nH]n2)cc1F. The van der Waals surface area contributed by atoms with Gasteiger partial charge in [-0.1, -0.05) is 5.21 Å². The number of nitrogen functional groups attached to an aromatic ring is 1. The summed E-state index contributed by atoms with van der Waals surface area (Å²) in [5, 5.41) is 15.1. The van der Waals surface area contributed by atoms with E-state index in [4.69, 9.17) is 5.84 Å². The van der Waals surface area contributed by atoms with Gasteiger partial charge in [0.1, 0.15) is 5.69 Å². The number of hydrogen-bond acceptors (Lipinski definition) is 6. The van der Waals surface area contributed by atoms with Crippen molar-refractivity contribution < 1.29 is 13.6 Å². The first-order chi connectivity index (χ1) is 9.11. The van der Waals surface area contributed by atoms with Gasteiger partial charge in [-0.2, -0.15) is 5.21 Å². The number of carbonyl (C=O) groups is 1. The summed E-state index contributed by atoms with van der Waals surface area (Å²) in [6, 6.07) is 1.73. The molecular weight excluding hydrogens is 260 g/mol. The van der Waals surface area contributed by atoms with E-state index in [9.17, 15) is 13.6 Å². The van der Waals surface area contributed by atoms with Crippen LogP contribution in [0, 0.1) is 11.6 Å². The van der Waals surface area contributed by atoms with Crippen molar-refractivity contribution in [1.29, 1.82) is 0 Å². The molecule has 19 heavy (non-hydrogen) atoms. The summed E-state index contributed by atoms with van der Waals surface area (Å²) in [6.45, 7) is -0.0184. The van der Waals surface area contributed by atoms with Crippen LogP contribution < -0.4 is 16.6 Å². The number of aromatic nitrogens is 4. The number of amides is 1. The minimum absolute atomic E-state index is 0.0184. The average molecular weight is 269 g/mol. The molecule has 8 nitrogen and oxygen atoms in total. The number of nitrogens with one attached hydrogen (secondary N) is 3. The highest BCUT2D eigenvalue weighted by Gasteiger charge is 2.14. The van der Waals surface area contributed by atoms with Crippen LogP contribution >= 0.6 is 0 Å². The predicted octanol–water partition coefficient (Wildman–Crippen LogP) is -0.307. The molecule has 10 heteroatoms. The largest absolute Gasteiger partial charge is 0.345 e. The third-order valence-corrected chi connectivity index (χ3v) is 2.24. The van der Waals surface area contributed by atoms with Gasteiger partial charge in [-0.3, -0.25) is 10.6 Å².